The Morgan fingerprint density at radius 2 is 1.91 bits per heavy atom. The van der Waals surface area contributed by atoms with Gasteiger partial charge < -0.3 is 4.90 Å². The third-order valence-electron chi connectivity index (χ3n) is 5.03. The molecule has 23 heavy (non-hydrogen) atoms. The van der Waals surface area contributed by atoms with Crippen molar-refractivity contribution in [2.45, 2.75) is 37.8 Å². The van der Waals surface area contributed by atoms with Gasteiger partial charge in [-0.05, 0) is 37.0 Å². The van der Waals surface area contributed by atoms with Crippen molar-refractivity contribution in [1.29, 1.82) is 0 Å². The van der Waals surface area contributed by atoms with Gasteiger partial charge in [-0.2, -0.15) is 0 Å². The molecule has 0 N–H and O–H groups in total. The Hall–Kier alpha value is -1.47. The number of piperidine rings is 1. The first kappa shape index (κ1) is 16.4. The van der Waals surface area contributed by atoms with Gasteiger partial charge in [0, 0.05) is 31.6 Å². The zero-order valence-electron chi connectivity index (χ0n) is 13.2. The average Bonchev–Trinajstić information content (AvgIpc) is 2.77. The molecule has 5 nitrogen and oxygen atoms in total. The molecule has 0 radical (unpaired) electrons. The molecule has 7 heteroatoms. The van der Waals surface area contributed by atoms with E-state index in [0.29, 0.717) is 38.9 Å². The number of carbonyl (C=O) groups is 1. The number of carbonyl (C=O) groups excluding carboxylic acids is 1. The maximum atomic E-state index is 13.4. The molecule has 2 saturated heterocycles. The summed E-state index contributed by atoms with van der Waals surface area (Å²) in [6.07, 6.45) is 3.73. The van der Waals surface area contributed by atoms with Crippen LogP contribution in [0.25, 0.3) is 0 Å². The first-order chi connectivity index (χ1) is 10.8. The average molecular weight is 340 g/mol. The van der Waals surface area contributed by atoms with Gasteiger partial charge in [0.05, 0.1) is 6.26 Å². The number of benzene rings is 1. The van der Waals surface area contributed by atoms with Crippen LogP contribution in [0, 0.1) is 5.82 Å². The van der Waals surface area contributed by atoms with Crippen LogP contribution in [-0.2, 0) is 21.4 Å². The van der Waals surface area contributed by atoms with E-state index in [0.717, 1.165) is 12.0 Å². The Bertz CT molecular complexity index is 712. The highest BCUT2D eigenvalue weighted by Gasteiger charge is 2.47. The van der Waals surface area contributed by atoms with E-state index in [2.05, 4.69) is 0 Å². The van der Waals surface area contributed by atoms with Crippen molar-refractivity contribution in [2.75, 3.05) is 19.3 Å². The molecule has 3 rings (SSSR count). The summed E-state index contributed by atoms with van der Waals surface area (Å²) in [5.74, 6) is -0.239. The third-order valence-corrected chi connectivity index (χ3v) is 6.33. The molecule has 1 spiro atoms. The van der Waals surface area contributed by atoms with E-state index in [1.807, 2.05) is 11.0 Å². The van der Waals surface area contributed by atoms with Crippen LogP contribution in [-0.4, -0.2) is 48.4 Å². The molecule has 0 aromatic heterocycles. The van der Waals surface area contributed by atoms with E-state index in [1.54, 1.807) is 6.07 Å². The van der Waals surface area contributed by atoms with Gasteiger partial charge in [0.1, 0.15) is 5.82 Å². The second-order valence-electron chi connectivity index (χ2n) is 6.50. The van der Waals surface area contributed by atoms with Crippen molar-refractivity contribution in [1.82, 2.24) is 9.21 Å². The molecule has 126 valence electrons. The second kappa shape index (κ2) is 5.87. The Morgan fingerprint density at radius 3 is 2.52 bits per heavy atom. The number of likely N-dealkylation sites (tertiary alicyclic amines) is 1. The van der Waals surface area contributed by atoms with Gasteiger partial charge in [0.2, 0.25) is 15.9 Å². The Morgan fingerprint density at radius 1 is 1.22 bits per heavy atom. The van der Waals surface area contributed by atoms with Gasteiger partial charge >= 0.3 is 0 Å². The summed E-state index contributed by atoms with van der Waals surface area (Å²) in [6.45, 7) is 1.26. The van der Waals surface area contributed by atoms with E-state index in [4.69, 9.17) is 0 Å². The molecular formula is C16H21FN2O3S. The number of amides is 1. The molecule has 2 heterocycles. The minimum Gasteiger partial charge on any atom is -0.333 e. The fraction of sp³-hybridized carbons (Fsp3) is 0.562. The topological polar surface area (TPSA) is 57.7 Å². The highest BCUT2D eigenvalue weighted by Crippen LogP contribution is 2.40. The largest absolute Gasteiger partial charge is 0.333 e. The number of rotatable bonds is 3. The summed E-state index contributed by atoms with van der Waals surface area (Å²) in [6, 6.07) is 6.29. The predicted octanol–water partition coefficient (Wildman–Crippen LogP) is 1.74. The normalized spacial score (nSPS) is 22.0. The summed E-state index contributed by atoms with van der Waals surface area (Å²) in [4.78, 5) is 14.2. The smallest absolute Gasteiger partial charge is 0.223 e. The van der Waals surface area contributed by atoms with Crippen LogP contribution >= 0.6 is 0 Å². The van der Waals surface area contributed by atoms with E-state index in [-0.39, 0.29) is 17.3 Å². The molecule has 0 unspecified atom stereocenters. The van der Waals surface area contributed by atoms with E-state index >= 15 is 0 Å². The van der Waals surface area contributed by atoms with Gasteiger partial charge in [-0.3, -0.25) is 4.79 Å². The molecule has 2 fully saturated rings. The van der Waals surface area contributed by atoms with Gasteiger partial charge in [-0.25, -0.2) is 17.1 Å². The Labute approximate surface area is 136 Å². The van der Waals surface area contributed by atoms with Crippen LogP contribution in [0.3, 0.4) is 0 Å². The van der Waals surface area contributed by atoms with Gasteiger partial charge in [0.15, 0.2) is 0 Å². The summed E-state index contributed by atoms with van der Waals surface area (Å²) in [5, 5.41) is 0. The second-order valence-corrected chi connectivity index (χ2v) is 8.48. The van der Waals surface area contributed by atoms with Crippen LogP contribution < -0.4 is 0 Å². The maximum absolute atomic E-state index is 13.4. The van der Waals surface area contributed by atoms with Gasteiger partial charge in [-0.1, -0.05) is 12.1 Å². The molecule has 2 aliphatic rings. The summed E-state index contributed by atoms with van der Waals surface area (Å²) in [7, 11) is -3.19. The van der Waals surface area contributed by atoms with E-state index < -0.39 is 10.0 Å². The number of nitrogens with zero attached hydrogens (tertiary/aromatic N) is 2. The molecule has 1 aromatic rings. The van der Waals surface area contributed by atoms with Gasteiger partial charge in [-0.15, -0.1) is 0 Å². The van der Waals surface area contributed by atoms with Gasteiger partial charge in [0.25, 0.3) is 0 Å². The van der Waals surface area contributed by atoms with Crippen molar-refractivity contribution < 1.29 is 17.6 Å². The number of halogens is 1. The first-order valence-electron chi connectivity index (χ1n) is 7.80. The molecule has 0 atom stereocenters. The van der Waals surface area contributed by atoms with Crippen molar-refractivity contribution in [3.63, 3.8) is 0 Å². The van der Waals surface area contributed by atoms with Crippen molar-refractivity contribution in [3.8, 4) is 0 Å². The minimum absolute atomic E-state index is 0.0714. The SMILES string of the molecule is CS(=O)(=O)N1CCC2(CCC(=O)N2Cc2cccc(F)c2)CC1. The molecule has 2 aliphatic heterocycles. The van der Waals surface area contributed by atoms with Crippen molar-refractivity contribution in [3.05, 3.63) is 35.6 Å². The standard InChI is InChI=1S/C16H21FN2O3S/c1-23(21,22)18-9-7-16(8-10-18)6-5-15(20)19(16)12-13-3-2-4-14(17)11-13/h2-4,11H,5-10,12H2,1H3. The monoisotopic (exact) mass is 340 g/mol. The lowest BCUT2D eigenvalue weighted by Crippen LogP contribution is -2.53. The minimum atomic E-state index is -3.19. The molecule has 0 aliphatic carbocycles. The van der Waals surface area contributed by atoms with Crippen LogP contribution in [0.2, 0.25) is 0 Å². The highest BCUT2D eigenvalue weighted by atomic mass is 32.2. The number of hydrogen-bond donors (Lipinski definition) is 0. The fourth-order valence-electron chi connectivity index (χ4n) is 3.70. The maximum Gasteiger partial charge on any atom is 0.223 e. The molecule has 1 amide bonds. The molecule has 1 aromatic carbocycles. The number of sulfonamides is 1. The van der Waals surface area contributed by atoms with Crippen LogP contribution in [0.15, 0.2) is 24.3 Å². The first-order valence-corrected chi connectivity index (χ1v) is 9.65. The Kier molecular flexibility index (Phi) is 4.18. The zero-order chi connectivity index (χ0) is 16.7. The lowest BCUT2D eigenvalue weighted by atomic mass is 9.85. The quantitative estimate of drug-likeness (QED) is 0.842. The lowest BCUT2D eigenvalue weighted by molar-refractivity contribution is -0.133. The third kappa shape index (κ3) is 3.26. The summed E-state index contributed by atoms with van der Waals surface area (Å²) in [5.41, 5.74) is 0.482. The zero-order valence-corrected chi connectivity index (χ0v) is 14.0. The molecular weight excluding hydrogens is 319 g/mol. The van der Waals surface area contributed by atoms with Crippen LogP contribution in [0.4, 0.5) is 4.39 Å². The predicted molar refractivity (Wildman–Crippen MR) is 84.6 cm³/mol. The van der Waals surface area contributed by atoms with Crippen molar-refractivity contribution in [2.24, 2.45) is 0 Å². The van der Waals surface area contributed by atoms with E-state index in [9.17, 15) is 17.6 Å². The highest BCUT2D eigenvalue weighted by molar-refractivity contribution is 7.88. The Balaban J connectivity index is 1.78. The molecule has 0 bridgehead atoms. The van der Waals surface area contributed by atoms with Crippen molar-refractivity contribution >= 4 is 15.9 Å². The van der Waals surface area contributed by atoms with Crippen LogP contribution in [0.1, 0.15) is 31.2 Å². The number of hydrogen-bond acceptors (Lipinski definition) is 3. The van der Waals surface area contributed by atoms with Crippen LogP contribution in [0.5, 0.6) is 0 Å². The fourth-order valence-corrected chi connectivity index (χ4v) is 4.55. The summed E-state index contributed by atoms with van der Waals surface area (Å²) < 4.78 is 38.2. The lowest BCUT2D eigenvalue weighted by Gasteiger charge is -2.44. The molecule has 0 saturated carbocycles. The van der Waals surface area contributed by atoms with E-state index in [1.165, 1.54) is 22.7 Å². The summed E-state index contributed by atoms with van der Waals surface area (Å²) >= 11 is 0.